The van der Waals surface area contributed by atoms with Gasteiger partial charge in [0.15, 0.2) is 5.78 Å². The molecular formula is C18H24O. The van der Waals surface area contributed by atoms with Crippen molar-refractivity contribution >= 4 is 5.78 Å². The van der Waals surface area contributed by atoms with Crippen LogP contribution >= 0.6 is 0 Å². The Morgan fingerprint density at radius 2 is 1.74 bits per heavy atom. The Balaban J connectivity index is 1.69. The Bertz CT molecular complexity index is 468. The van der Waals surface area contributed by atoms with Gasteiger partial charge < -0.3 is 0 Å². The minimum Gasteiger partial charge on any atom is -0.294 e. The third-order valence-corrected chi connectivity index (χ3v) is 5.32. The van der Waals surface area contributed by atoms with E-state index >= 15 is 0 Å². The van der Waals surface area contributed by atoms with Crippen LogP contribution in [-0.4, -0.2) is 5.78 Å². The van der Waals surface area contributed by atoms with Crippen molar-refractivity contribution in [2.75, 3.05) is 0 Å². The summed E-state index contributed by atoms with van der Waals surface area (Å²) in [6, 6.07) is 9.85. The van der Waals surface area contributed by atoms with Crippen molar-refractivity contribution in [2.24, 2.45) is 29.1 Å². The number of Topliss-reactive ketones (excluding diaryl/α,β-unsaturated/α-hetero) is 1. The lowest BCUT2D eigenvalue weighted by molar-refractivity contribution is 0.0955. The molecule has 0 saturated heterocycles. The zero-order chi connectivity index (χ0) is 13.6. The zero-order valence-corrected chi connectivity index (χ0v) is 12.2. The van der Waals surface area contributed by atoms with Crippen LogP contribution in [0.4, 0.5) is 0 Å². The molecule has 3 rings (SSSR count). The predicted octanol–water partition coefficient (Wildman–Crippen LogP) is 4.58. The molecule has 0 aromatic heterocycles. The first-order chi connectivity index (χ1) is 8.98. The van der Waals surface area contributed by atoms with Crippen molar-refractivity contribution < 1.29 is 4.79 Å². The highest BCUT2D eigenvalue weighted by atomic mass is 16.1. The zero-order valence-electron chi connectivity index (χ0n) is 12.2. The fourth-order valence-corrected chi connectivity index (χ4v) is 3.97. The van der Waals surface area contributed by atoms with Crippen LogP contribution in [0.2, 0.25) is 0 Å². The van der Waals surface area contributed by atoms with Crippen molar-refractivity contribution in [1.82, 2.24) is 0 Å². The average molecular weight is 256 g/mol. The van der Waals surface area contributed by atoms with Crippen molar-refractivity contribution in [3.63, 3.8) is 0 Å². The molecule has 0 aliphatic heterocycles. The number of carbonyl (C=O) groups excluding carboxylic acids is 1. The third-order valence-electron chi connectivity index (χ3n) is 5.32. The Morgan fingerprint density at radius 1 is 1.05 bits per heavy atom. The van der Waals surface area contributed by atoms with E-state index in [0.29, 0.717) is 29.0 Å². The largest absolute Gasteiger partial charge is 0.294 e. The van der Waals surface area contributed by atoms with Crippen molar-refractivity contribution in [3.8, 4) is 0 Å². The normalized spacial score (nSPS) is 33.6. The summed E-state index contributed by atoms with van der Waals surface area (Å²) in [5.41, 5.74) is 1.31. The summed E-state index contributed by atoms with van der Waals surface area (Å²) in [4.78, 5) is 12.5. The van der Waals surface area contributed by atoms with Gasteiger partial charge in [-0.3, -0.25) is 4.79 Å². The van der Waals surface area contributed by atoms with E-state index in [1.807, 2.05) is 30.3 Å². The van der Waals surface area contributed by atoms with E-state index in [-0.39, 0.29) is 0 Å². The maximum atomic E-state index is 12.5. The van der Waals surface area contributed by atoms with Gasteiger partial charge in [0.25, 0.3) is 0 Å². The molecule has 4 atom stereocenters. The molecule has 1 nitrogen and oxygen atoms in total. The monoisotopic (exact) mass is 256 g/mol. The molecule has 1 aromatic rings. The van der Waals surface area contributed by atoms with Crippen molar-refractivity contribution in [2.45, 2.75) is 40.0 Å². The average Bonchev–Trinajstić information content (AvgIpc) is 3.11. The molecule has 0 radical (unpaired) electrons. The standard InChI is InChI=1S/C18H24O/c1-18(2,3)13-9-10-14-15(11-13)16(14)17(19)12-7-5-4-6-8-12/h4-8,13-16H,9-11H2,1-3H3/t13?,14-,15+,16+/m0/s1. The van der Waals surface area contributed by atoms with E-state index in [1.54, 1.807) is 0 Å². The first-order valence-corrected chi connectivity index (χ1v) is 7.58. The molecule has 1 heteroatoms. The van der Waals surface area contributed by atoms with E-state index in [9.17, 15) is 4.79 Å². The third kappa shape index (κ3) is 2.35. The molecule has 1 unspecified atom stereocenters. The van der Waals surface area contributed by atoms with Gasteiger partial charge in [-0.1, -0.05) is 51.1 Å². The van der Waals surface area contributed by atoms with Gasteiger partial charge in [0, 0.05) is 11.5 Å². The fourth-order valence-electron chi connectivity index (χ4n) is 3.97. The molecule has 2 fully saturated rings. The number of rotatable bonds is 2. The maximum absolute atomic E-state index is 12.5. The van der Waals surface area contributed by atoms with Gasteiger partial charge in [0.2, 0.25) is 0 Å². The molecule has 0 heterocycles. The van der Waals surface area contributed by atoms with Crippen LogP contribution in [0.15, 0.2) is 30.3 Å². The molecule has 0 bridgehead atoms. The first-order valence-electron chi connectivity index (χ1n) is 7.58. The van der Waals surface area contributed by atoms with Crippen LogP contribution in [-0.2, 0) is 0 Å². The Kier molecular flexibility index (Phi) is 3.03. The molecule has 1 aromatic carbocycles. The lowest BCUT2D eigenvalue weighted by atomic mass is 9.72. The lowest BCUT2D eigenvalue weighted by Gasteiger charge is -2.33. The van der Waals surface area contributed by atoms with E-state index in [4.69, 9.17) is 0 Å². The molecule has 2 aliphatic rings. The van der Waals surface area contributed by atoms with Gasteiger partial charge in [-0.2, -0.15) is 0 Å². The highest BCUT2D eigenvalue weighted by molar-refractivity contribution is 6.00. The van der Waals surface area contributed by atoms with E-state index < -0.39 is 0 Å². The van der Waals surface area contributed by atoms with E-state index in [1.165, 1.54) is 19.3 Å². The Labute approximate surface area is 116 Å². The van der Waals surface area contributed by atoms with Gasteiger partial charge in [-0.25, -0.2) is 0 Å². The van der Waals surface area contributed by atoms with Crippen molar-refractivity contribution in [1.29, 1.82) is 0 Å². The first kappa shape index (κ1) is 12.9. The summed E-state index contributed by atoms with van der Waals surface area (Å²) < 4.78 is 0. The quantitative estimate of drug-likeness (QED) is 0.708. The number of fused-ring (bicyclic) bond motifs is 1. The summed E-state index contributed by atoms with van der Waals surface area (Å²) in [6.45, 7) is 7.02. The second kappa shape index (κ2) is 4.47. The van der Waals surface area contributed by atoms with E-state index in [2.05, 4.69) is 20.8 Å². The second-order valence-electron chi connectivity index (χ2n) is 7.46. The molecular weight excluding hydrogens is 232 g/mol. The topological polar surface area (TPSA) is 17.1 Å². The Hall–Kier alpha value is -1.11. The Morgan fingerprint density at radius 3 is 2.37 bits per heavy atom. The lowest BCUT2D eigenvalue weighted by Crippen LogP contribution is -2.23. The summed E-state index contributed by atoms with van der Waals surface area (Å²) in [6.07, 6.45) is 3.83. The maximum Gasteiger partial charge on any atom is 0.166 e. The van der Waals surface area contributed by atoms with Crippen LogP contribution in [0.3, 0.4) is 0 Å². The number of hydrogen-bond acceptors (Lipinski definition) is 1. The second-order valence-corrected chi connectivity index (χ2v) is 7.46. The van der Waals surface area contributed by atoms with Gasteiger partial charge in [-0.05, 0) is 42.4 Å². The van der Waals surface area contributed by atoms with Crippen LogP contribution in [0.25, 0.3) is 0 Å². The van der Waals surface area contributed by atoms with Crippen LogP contribution in [0, 0.1) is 29.1 Å². The number of hydrogen-bond donors (Lipinski definition) is 0. The SMILES string of the molecule is CC(C)(C)C1CC[C@H]2[C@@H](C1)[C@@H]2C(=O)c1ccccc1. The molecule has 102 valence electrons. The van der Waals surface area contributed by atoms with Crippen molar-refractivity contribution in [3.05, 3.63) is 35.9 Å². The summed E-state index contributed by atoms with van der Waals surface area (Å²) in [5, 5.41) is 0. The number of benzene rings is 1. The molecule has 2 saturated carbocycles. The highest BCUT2D eigenvalue weighted by Crippen LogP contribution is 2.60. The smallest absolute Gasteiger partial charge is 0.166 e. The van der Waals surface area contributed by atoms with E-state index in [0.717, 1.165) is 11.5 Å². The molecule has 0 N–H and O–H groups in total. The van der Waals surface area contributed by atoms with Crippen LogP contribution in [0.1, 0.15) is 50.4 Å². The molecule has 0 spiro atoms. The van der Waals surface area contributed by atoms with Gasteiger partial charge in [-0.15, -0.1) is 0 Å². The summed E-state index contributed by atoms with van der Waals surface area (Å²) in [7, 11) is 0. The summed E-state index contributed by atoms with van der Waals surface area (Å²) in [5.74, 6) is 2.87. The van der Waals surface area contributed by atoms with Crippen LogP contribution < -0.4 is 0 Å². The van der Waals surface area contributed by atoms with Gasteiger partial charge in [0.1, 0.15) is 0 Å². The van der Waals surface area contributed by atoms with Crippen LogP contribution in [0.5, 0.6) is 0 Å². The molecule has 2 aliphatic carbocycles. The minimum atomic E-state index is 0.328. The summed E-state index contributed by atoms with van der Waals surface area (Å²) >= 11 is 0. The van der Waals surface area contributed by atoms with Gasteiger partial charge in [0.05, 0.1) is 0 Å². The molecule has 19 heavy (non-hydrogen) atoms. The fraction of sp³-hybridized carbons (Fsp3) is 0.611. The molecule has 0 amide bonds. The minimum absolute atomic E-state index is 0.328. The predicted molar refractivity (Wildman–Crippen MR) is 78.0 cm³/mol. The highest BCUT2D eigenvalue weighted by Gasteiger charge is 2.57. The van der Waals surface area contributed by atoms with Gasteiger partial charge >= 0.3 is 0 Å². The number of ketones is 1. The number of carbonyl (C=O) groups is 1.